The molecule has 0 radical (unpaired) electrons. The zero-order valence-corrected chi connectivity index (χ0v) is 12.0. The van der Waals surface area contributed by atoms with Crippen LogP contribution in [0, 0.1) is 5.82 Å². The maximum absolute atomic E-state index is 13.3. The van der Waals surface area contributed by atoms with Crippen molar-refractivity contribution < 1.29 is 12.8 Å². The Balaban J connectivity index is 1.98. The molecule has 0 unspecified atom stereocenters. The Hall–Kier alpha value is -1.02. The molecule has 1 aromatic carbocycles. The van der Waals surface area contributed by atoms with E-state index in [1.807, 2.05) is 0 Å². The lowest BCUT2D eigenvalue weighted by Crippen LogP contribution is -2.25. The van der Waals surface area contributed by atoms with E-state index in [-0.39, 0.29) is 27.5 Å². The molecule has 0 bridgehead atoms. The Morgan fingerprint density at radius 3 is 2.74 bits per heavy atom. The zero-order valence-electron chi connectivity index (χ0n) is 9.64. The van der Waals surface area contributed by atoms with E-state index in [9.17, 15) is 12.8 Å². The van der Waals surface area contributed by atoms with Gasteiger partial charge in [0.2, 0.25) is 0 Å². The summed E-state index contributed by atoms with van der Waals surface area (Å²) < 4.78 is 39.6. The van der Waals surface area contributed by atoms with E-state index in [1.165, 1.54) is 12.3 Å². The van der Waals surface area contributed by atoms with Crippen LogP contribution in [0.25, 0.3) is 0 Å². The van der Waals surface area contributed by atoms with Gasteiger partial charge < -0.3 is 0 Å². The van der Waals surface area contributed by atoms with Gasteiger partial charge in [-0.2, -0.15) is 0 Å². The second kappa shape index (κ2) is 5.96. The van der Waals surface area contributed by atoms with E-state index in [1.54, 1.807) is 18.2 Å². The van der Waals surface area contributed by atoms with Crippen LogP contribution < -0.4 is 4.72 Å². The highest BCUT2D eigenvalue weighted by atomic mass is 35.5. The molecule has 0 fully saturated rings. The molecule has 8 heteroatoms. The number of hydrogen-bond acceptors (Lipinski definition) is 4. The first-order chi connectivity index (χ1) is 8.99. The number of benzene rings is 1. The number of hydrogen-bond donors (Lipinski definition) is 1. The van der Waals surface area contributed by atoms with E-state index >= 15 is 0 Å². The highest BCUT2D eigenvalue weighted by Crippen LogP contribution is 2.22. The quantitative estimate of drug-likeness (QED) is 0.920. The van der Waals surface area contributed by atoms with Crippen LogP contribution in [0.15, 0.2) is 34.7 Å². The molecule has 1 heterocycles. The molecule has 0 aliphatic rings. The van der Waals surface area contributed by atoms with Crippen LogP contribution in [0.2, 0.25) is 4.47 Å². The maximum Gasteiger partial charge on any atom is 0.251 e. The average molecular weight is 321 g/mol. The smallest absolute Gasteiger partial charge is 0.232 e. The molecular formula is C11H10ClFN2O2S2. The van der Waals surface area contributed by atoms with Gasteiger partial charge in [-0.05, 0) is 18.1 Å². The predicted molar refractivity (Wildman–Crippen MR) is 72.4 cm³/mol. The van der Waals surface area contributed by atoms with Crippen molar-refractivity contribution in [2.75, 3.05) is 6.54 Å². The topological polar surface area (TPSA) is 59.1 Å². The number of thiazole rings is 1. The van der Waals surface area contributed by atoms with E-state index in [4.69, 9.17) is 11.6 Å². The fourth-order valence-corrected chi connectivity index (χ4v) is 3.82. The number of aromatic nitrogens is 1. The molecule has 0 saturated carbocycles. The summed E-state index contributed by atoms with van der Waals surface area (Å²) in [6.45, 7) is 0.110. The molecule has 0 atom stereocenters. The van der Waals surface area contributed by atoms with Crippen molar-refractivity contribution in [2.45, 2.75) is 10.6 Å². The van der Waals surface area contributed by atoms with E-state index in [0.29, 0.717) is 5.56 Å². The van der Waals surface area contributed by atoms with Crippen molar-refractivity contribution in [3.63, 3.8) is 0 Å². The van der Waals surface area contributed by atoms with Crippen LogP contribution in [-0.2, 0) is 16.4 Å². The molecule has 0 saturated heterocycles. The van der Waals surface area contributed by atoms with E-state index in [0.717, 1.165) is 11.3 Å². The zero-order chi connectivity index (χ0) is 13.9. The summed E-state index contributed by atoms with van der Waals surface area (Å²) in [5.74, 6) is -0.345. The van der Waals surface area contributed by atoms with Crippen LogP contribution in [0.5, 0.6) is 0 Å². The third-order valence-corrected chi connectivity index (χ3v) is 5.40. The average Bonchev–Trinajstić information content (AvgIpc) is 2.79. The first-order valence-electron chi connectivity index (χ1n) is 5.33. The van der Waals surface area contributed by atoms with Gasteiger partial charge in [0.1, 0.15) is 5.82 Å². The first-order valence-corrected chi connectivity index (χ1v) is 8.01. The normalized spacial score (nSPS) is 11.7. The van der Waals surface area contributed by atoms with Crippen molar-refractivity contribution in [2.24, 2.45) is 0 Å². The molecular weight excluding hydrogens is 311 g/mol. The van der Waals surface area contributed by atoms with Gasteiger partial charge in [0.15, 0.2) is 8.68 Å². The van der Waals surface area contributed by atoms with Crippen molar-refractivity contribution in [3.8, 4) is 0 Å². The highest BCUT2D eigenvalue weighted by Gasteiger charge is 2.17. The Labute approximate surface area is 119 Å². The lowest BCUT2D eigenvalue weighted by Gasteiger charge is -2.05. The Kier molecular flexibility index (Phi) is 4.51. The number of sulfonamides is 1. The summed E-state index contributed by atoms with van der Waals surface area (Å²) in [5.41, 5.74) is 0.465. The summed E-state index contributed by atoms with van der Waals surface area (Å²) in [6, 6.07) is 6.25. The van der Waals surface area contributed by atoms with Crippen molar-refractivity contribution in [1.82, 2.24) is 9.71 Å². The van der Waals surface area contributed by atoms with Crippen LogP contribution in [0.3, 0.4) is 0 Å². The molecule has 102 valence electrons. The maximum atomic E-state index is 13.3. The molecule has 19 heavy (non-hydrogen) atoms. The molecule has 0 aliphatic carbocycles. The van der Waals surface area contributed by atoms with Gasteiger partial charge in [0, 0.05) is 6.54 Å². The fourth-order valence-electron chi connectivity index (χ4n) is 1.46. The Morgan fingerprint density at radius 2 is 2.11 bits per heavy atom. The van der Waals surface area contributed by atoms with Gasteiger partial charge >= 0.3 is 0 Å². The van der Waals surface area contributed by atoms with Crippen molar-refractivity contribution >= 4 is 33.0 Å². The molecule has 0 spiro atoms. The predicted octanol–water partition coefficient (Wildman–Crippen LogP) is 2.46. The number of nitrogens with zero attached hydrogens (tertiary/aromatic N) is 1. The van der Waals surface area contributed by atoms with Gasteiger partial charge in [-0.25, -0.2) is 22.5 Å². The molecule has 0 aliphatic heterocycles. The van der Waals surface area contributed by atoms with Gasteiger partial charge in [-0.1, -0.05) is 41.1 Å². The minimum Gasteiger partial charge on any atom is -0.232 e. The van der Waals surface area contributed by atoms with Crippen LogP contribution >= 0.6 is 22.9 Å². The second-order valence-corrected chi connectivity index (χ2v) is 7.28. The van der Waals surface area contributed by atoms with Crippen LogP contribution in [-0.4, -0.2) is 19.9 Å². The van der Waals surface area contributed by atoms with Crippen LogP contribution in [0.4, 0.5) is 4.39 Å². The first kappa shape index (κ1) is 14.4. The lowest BCUT2D eigenvalue weighted by atomic mass is 10.1. The summed E-state index contributed by atoms with van der Waals surface area (Å²) in [7, 11) is -3.62. The summed E-state index contributed by atoms with van der Waals surface area (Å²) in [6.07, 6.45) is 1.47. The summed E-state index contributed by atoms with van der Waals surface area (Å²) in [5, 5.41) is 0. The van der Waals surface area contributed by atoms with Crippen LogP contribution in [0.1, 0.15) is 5.56 Å². The summed E-state index contributed by atoms with van der Waals surface area (Å²) in [4.78, 5) is 3.67. The number of halogens is 2. The lowest BCUT2D eigenvalue weighted by molar-refractivity contribution is 0.579. The Bertz CT molecular complexity index is 673. The number of rotatable bonds is 5. The fraction of sp³-hybridized carbons (Fsp3) is 0.182. The summed E-state index contributed by atoms with van der Waals surface area (Å²) >= 11 is 6.46. The van der Waals surface area contributed by atoms with E-state index < -0.39 is 10.0 Å². The molecule has 1 aromatic heterocycles. The standard InChI is InChI=1S/C11H10ClFN2O2S2/c12-11-14-7-10(18-11)19(16,17)15-6-5-8-3-1-2-4-9(8)13/h1-4,7,15H,5-6H2. The van der Waals surface area contributed by atoms with Gasteiger partial charge in [0.05, 0.1) is 6.20 Å². The van der Waals surface area contributed by atoms with Gasteiger partial charge in [0.25, 0.3) is 10.0 Å². The molecule has 4 nitrogen and oxygen atoms in total. The largest absolute Gasteiger partial charge is 0.251 e. The molecule has 2 aromatic rings. The third kappa shape index (κ3) is 3.73. The van der Waals surface area contributed by atoms with Gasteiger partial charge in [-0.3, -0.25) is 0 Å². The monoisotopic (exact) mass is 320 g/mol. The second-order valence-electron chi connectivity index (χ2n) is 3.67. The SMILES string of the molecule is O=S(=O)(NCCc1ccccc1F)c1cnc(Cl)s1. The van der Waals surface area contributed by atoms with E-state index in [2.05, 4.69) is 9.71 Å². The minimum absolute atomic E-state index is 0.0473. The number of nitrogens with one attached hydrogen (secondary N) is 1. The highest BCUT2D eigenvalue weighted by molar-refractivity contribution is 7.91. The van der Waals surface area contributed by atoms with Crippen molar-refractivity contribution in [1.29, 1.82) is 0 Å². The third-order valence-electron chi connectivity index (χ3n) is 2.37. The van der Waals surface area contributed by atoms with Crippen molar-refractivity contribution in [3.05, 3.63) is 46.3 Å². The molecule has 2 rings (SSSR count). The Morgan fingerprint density at radius 1 is 1.37 bits per heavy atom. The van der Waals surface area contributed by atoms with Gasteiger partial charge in [-0.15, -0.1) is 0 Å². The molecule has 1 N–H and O–H groups in total. The minimum atomic E-state index is -3.62. The molecule has 0 amide bonds.